The van der Waals surface area contributed by atoms with Gasteiger partial charge in [0, 0.05) is 30.1 Å². The number of hydrogen-bond donors (Lipinski definition) is 1. The fraction of sp³-hybridized carbons (Fsp3) is 0.429. The molecule has 2 N–H and O–H groups in total. The lowest BCUT2D eigenvalue weighted by molar-refractivity contribution is 0.737. The smallest absolute Gasteiger partial charge is 0.0483 e. The summed E-state index contributed by atoms with van der Waals surface area (Å²) in [5, 5.41) is 1.32. The van der Waals surface area contributed by atoms with Crippen molar-refractivity contribution in [1.29, 1.82) is 0 Å². The lowest BCUT2D eigenvalue weighted by Gasteiger charge is -2.08. The molecule has 1 aromatic heterocycles. The number of fused-ring (bicyclic) bond motifs is 1. The van der Waals surface area contributed by atoms with Crippen molar-refractivity contribution in [3.63, 3.8) is 0 Å². The first-order valence-electron chi connectivity index (χ1n) is 6.03. The van der Waals surface area contributed by atoms with Crippen molar-refractivity contribution >= 4 is 22.7 Å². The van der Waals surface area contributed by atoms with Gasteiger partial charge in [-0.25, -0.2) is 0 Å². The Hall–Kier alpha value is -0.930. The molecular formula is C14H20N2S. The maximum Gasteiger partial charge on any atom is 0.0483 e. The number of thioether (sulfide) groups is 1. The molecule has 0 radical (unpaired) electrons. The fourth-order valence-corrected chi connectivity index (χ4v) is 2.49. The standard InChI is InChI=1S/C14H20N2S/c1-11(15)9-12-3-4-13-5-6-16(7-8-17-2)14(13)10-12/h3-6,10-11H,7-9,15H2,1-2H3. The number of nitrogens with two attached hydrogens (primary N) is 1. The van der Waals surface area contributed by atoms with Crippen molar-refractivity contribution in [3.05, 3.63) is 36.0 Å². The summed E-state index contributed by atoms with van der Waals surface area (Å²) in [4.78, 5) is 0. The summed E-state index contributed by atoms with van der Waals surface area (Å²) in [6.45, 7) is 3.13. The highest BCUT2D eigenvalue weighted by Gasteiger charge is 2.03. The predicted molar refractivity (Wildman–Crippen MR) is 77.7 cm³/mol. The van der Waals surface area contributed by atoms with E-state index in [0.29, 0.717) is 0 Å². The zero-order chi connectivity index (χ0) is 12.3. The molecule has 0 bridgehead atoms. The zero-order valence-electron chi connectivity index (χ0n) is 10.5. The van der Waals surface area contributed by atoms with Gasteiger partial charge in [-0.15, -0.1) is 0 Å². The third-order valence-electron chi connectivity index (χ3n) is 2.93. The summed E-state index contributed by atoms with van der Waals surface area (Å²) in [6, 6.07) is 9.07. The van der Waals surface area contributed by atoms with Gasteiger partial charge < -0.3 is 10.3 Å². The van der Waals surface area contributed by atoms with Gasteiger partial charge in [0.15, 0.2) is 0 Å². The highest BCUT2D eigenvalue weighted by atomic mass is 32.2. The van der Waals surface area contributed by atoms with Crippen LogP contribution in [0.15, 0.2) is 30.5 Å². The summed E-state index contributed by atoms with van der Waals surface area (Å²) >= 11 is 1.88. The molecule has 0 spiro atoms. The van der Waals surface area contributed by atoms with E-state index in [9.17, 15) is 0 Å². The van der Waals surface area contributed by atoms with Crippen LogP contribution in [0.1, 0.15) is 12.5 Å². The second-order valence-corrected chi connectivity index (χ2v) is 5.56. The molecule has 0 saturated heterocycles. The maximum atomic E-state index is 5.85. The van der Waals surface area contributed by atoms with Gasteiger partial charge in [-0.2, -0.15) is 11.8 Å². The van der Waals surface area contributed by atoms with Crippen LogP contribution >= 0.6 is 11.8 Å². The van der Waals surface area contributed by atoms with Crippen LogP contribution < -0.4 is 5.73 Å². The summed E-state index contributed by atoms with van der Waals surface area (Å²) in [6.07, 6.45) is 5.27. The van der Waals surface area contributed by atoms with Crippen LogP contribution in [-0.4, -0.2) is 22.6 Å². The molecule has 1 unspecified atom stereocenters. The summed E-state index contributed by atoms with van der Waals surface area (Å²) in [7, 11) is 0. The highest BCUT2D eigenvalue weighted by molar-refractivity contribution is 7.98. The topological polar surface area (TPSA) is 30.9 Å². The van der Waals surface area contributed by atoms with Crippen LogP contribution in [0.2, 0.25) is 0 Å². The summed E-state index contributed by atoms with van der Waals surface area (Å²) < 4.78 is 2.33. The fourth-order valence-electron chi connectivity index (χ4n) is 2.11. The van der Waals surface area contributed by atoms with E-state index in [2.05, 4.69) is 48.2 Å². The first-order chi connectivity index (χ1) is 8.20. The van der Waals surface area contributed by atoms with E-state index in [1.165, 1.54) is 16.5 Å². The average molecular weight is 248 g/mol. The van der Waals surface area contributed by atoms with Crippen molar-refractivity contribution in [2.75, 3.05) is 12.0 Å². The molecule has 92 valence electrons. The maximum absolute atomic E-state index is 5.85. The molecule has 0 aliphatic rings. The van der Waals surface area contributed by atoms with Gasteiger partial charge in [-0.1, -0.05) is 12.1 Å². The number of rotatable bonds is 5. The molecule has 2 aromatic rings. The van der Waals surface area contributed by atoms with Gasteiger partial charge in [-0.3, -0.25) is 0 Å². The van der Waals surface area contributed by atoms with Gasteiger partial charge in [-0.05, 0) is 42.7 Å². The zero-order valence-corrected chi connectivity index (χ0v) is 11.3. The number of aryl methyl sites for hydroxylation is 1. The molecule has 1 heterocycles. The Kier molecular flexibility index (Phi) is 4.13. The van der Waals surface area contributed by atoms with Crippen molar-refractivity contribution in [3.8, 4) is 0 Å². The van der Waals surface area contributed by atoms with Crippen molar-refractivity contribution in [1.82, 2.24) is 4.57 Å². The predicted octanol–water partition coefficient (Wildman–Crippen LogP) is 2.89. The molecule has 2 nitrogen and oxygen atoms in total. The molecule has 1 aromatic carbocycles. The van der Waals surface area contributed by atoms with E-state index in [0.717, 1.165) is 18.7 Å². The number of aromatic nitrogens is 1. The van der Waals surface area contributed by atoms with Crippen LogP contribution in [-0.2, 0) is 13.0 Å². The van der Waals surface area contributed by atoms with Crippen LogP contribution in [0, 0.1) is 0 Å². The van der Waals surface area contributed by atoms with Gasteiger partial charge in [0.05, 0.1) is 0 Å². The minimum Gasteiger partial charge on any atom is -0.347 e. The third-order valence-corrected chi connectivity index (χ3v) is 3.52. The van der Waals surface area contributed by atoms with Crippen LogP contribution in [0.5, 0.6) is 0 Å². The van der Waals surface area contributed by atoms with E-state index < -0.39 is 0 Å². The SMILES string of the molecule is CSCCn1ccc2ccc(CC(C)N)cc21. The molecule has 2 rings (SSSR count). The van der Waals surface area contributed by atoms with E-state index >= 15 is 0 Å². The quantitative estimate of drug-likeness (QED) is 0.882. The van der Waals surface area contributed by atoms with Gasteiger partial charge in [0.1, 0.15) is 0 Å². The number of hydrogen-bond acceptors (Lipinski definition) is 2. The molecule has 0 saturated carbocycles. The molecular weight excluding hydrogens is 228 g/mol. The summed E-state index contributed by atoms with van der Waals surface area (Å²) in [5.74, 6) is 1.15. The van der Waals surface area contributed by atoms with E-state index in [1.54, 1.807) is 0 Å². The Balaban J connectivity index is 2.29. The lowest BCUT2D eigenvalue weighted by Crippen LogP contribution is -2.17. The van der Waals surface area contributed by atoms with Gasteiger partial charge >= 0.3 is 0 Å². The molecule has 1 atom stereocenters. The van der Waals surface area contributed by atoms with Crippen molar-refractivity contribution in [2.45, 2.75) is 25.9 Å². The second-order valence-electron chi connectivity index (χ2n) is 4.58. The van der Waals surface area contributed by atoms with E-state index in [-0.39, 0.29) is 6.04 Å². The lowest BCUT2D eigenvalue weighted by atomic mass is 10.1. The first kappa shape index (κ1) is 12.5. The van der Waals surface area contributed by atoms with Gasteiger partial charge in [0.2, 0.25) is 0 Å². The Bertz CT molecular complexity index is 488. The molecule has 0 fully saturated rings. The number of benzene rings is 1. The largest absolute Gasteiger partial charge is 0.347 e. The van der Waals surface area contributed by atoms with E-state index in [4.69, 9.17) is 5.73 Å². The molecule has 3 heteroatoms. The molecule has 0 amide bonds. The first-order valence-corrected chi connectivity index (χ1v) is 7.42. The monoisotopic (exact) mass is 248 g/mol. The van der Waals surface area contributed by atoms with Crippen LogP contribution in [0.4, 0.5) is 0 Å². The highest BCUT2D eigenvalue weighted by Crippen LogP contribution is 2.19. The minimum atomic E-state index is 0.224. The van der Waals surface area contributed by atoms with Crippen LogP contribution in [0.25, 0.3) is 10.9 Å². The summed E-state index contributed by atoms with van der Waals surface area (Å²) in [5.41, 5.74) is 8.51. The number of nitrogens with zero attached hydrogens (tertiary/aromatic N) is 1. The normalized spacial score (nSPS) is 13.1. The Morgan fingerprint density at radius 3 is 2.88 bits per heavy atom. The average Bonchev–Trinajstić information content (AvgIpc) is 2.68. The Morgan fingerprint density at radius 2 is 2.18 bits per heavy atom. The van der Waals surface area contributed by atoms with E-state index in [1.807, 2.05) is 11.8 Å². The molecule has 17 heavy (non-hydrogen) atoms. The minimum absolute atomic E-state index is 0.224. The van der Waals surface area contributed by atoms with Crippen LogP contribution in [0.3, 0.4) is 0 Å². The molecule has 0 aliphatic carbocycles. The third kappa shape index (κ3) is 3.05. The van der Waals surface area contributed by atoms with Gasteiger partial charge in [0.25, 0.3) is 0 Å². The molecule has 0 aliphatic heterocycles. The second kappa shape index (κ2) is 5.61. The van der Waals surface area contributed by atoms with Crippen molar-refractivity contribution in [2.24, 2.45) is 5.73 Å². The van der Waals surface area contributed by atoms with Crippen molar-refractivity contribution < 1.29 is 0 Å². The Labute approximate surface area is 107 Å². The Morgan fingerprint density at radius 1 is 1.35 bits per heavy atom.